The molecular weight excluding hydrogens is 268 g/mol. The fourth-order valence-electron chi connectivity index (χ4n) is 1.90. The van der Waals surface area contributed by atoms with Gasteiger partial charge in [-0.3, -0.25) is 9.59 Å². The molecule has 1 heterocycles. The van der Waals surface area contributed by atoms with Crippen LogP contribution in [-0.4, -0.2) is 29.6 Å². The van der Waals surface area contributed by atoms with Crippen LogP contribution in [-0.2, 0) is 9.53 Å². The van der Waals surface area contributed by atoms with Gasteiger partial charge in [-0.05, 0) is 43.3 Å². The summed E-state index contributed by atoms with van der Waals surface area (Å²) in [6, 6.07) is 11.1. The zero-order chi connectivity index (χ0) is 15.1. The largest absolute Gasteiger partial charge is 0.466 e. The fraction of sp³-hybridized carbons (Fsp3) is 0.250. The number of carbonyl (C=O) groups excluding carboxylic acids is 2. The van der Waals surface area contributed by atoms with Crippen LogP contribution in [0.3, 0.4) is 0 Å². The van der Waals surface area contributed by atoms with Crippen molar-refractivity contribution in [2.75, 3.05) is 13.2 Å². The Balaban J connectivity index is 1.87. The van der Waals surface area contributed by atoms with Gasteiger partial charge in [-0.15, -0.1) is 0 Å². The van der Waals surface area contributed by atoms with Gasteiger partial charge in [0.1, 0.15) is 0 Å². The summed E-state index contributed by atoms with van der Waals surface area (Å²) in [5.41, 5.74) is 1.55. The van der Waals surface area contributed by atoms with Crippen LogP contribution in [0, 0.1) is 0 Å². The van der Waals surface area contributed by atoms with Crippen molar-refractivity contribution in [2.45, 2.75) is 13.3 Å². The second-order valence-electron chi connectivity index (χ2n) is 4.45. The van der Waals surface area contributed by atoms with Gasteiger partial charge in [0.05, 0.1) is 13.0 Å². The molecular formula is C16H18N2O3. The van der Waals surface area contributed by atoms with Crippen molar-refractivity contribution in [1.82, 2.24) is 9.88 Å². The second-order valence-corrected chi connectivity index (χ2v) is 4.45. The number of aromatic nitrogens is 1. The van der Waals surface area contributed by atoms with Crippen LogP contribution in [0.15, 0.2) is 48.8 Å². The molecule has 0 fully saturated rings. The first-order chi connectivity index (χ1) is 10.2. The van der Waals surface area contributed by atoms with Gasteiger partial charge in [-0.25, -0.2) is 0 Å². The molecule has 0 bridgehead atoms. The molecule has 1 amide bonds. The number of ether oxygens (including phenoxy) is 1. The van der Waals surface area contributed by atoms with E-state index >= 15 is 0 Å². The molecule has 0 saturated heterocycles. The predicted octanol–water partition coefficient (Wildman–Crippen LogP) is 2.16. The van der Waals surface area contributed by atoms with E-state index in [2.05, 4.69) is 5.32 Å². The lowest BCUT2D eigenvalue weighted by atomic mass is 10.2. The van der Waals surface area contributed by atoms with Crippen molar-refractivity contribution in [3.63, 3.8) is 0 Å². The Hall–Kier alpha value is -2.56. The summed E-state index contributed by atoms with van der Waals surface area (Å²) in [4.78, 5) is 23.1. The van der Waals surface area contributed by atoms with Crippen molar-refractivity contribution in [3.05, 3.63) is 54.4 Å². The summed E-state index contributed by atoms with van der Waals surface area (Å²) in [5.74, 6) is -0.501. The highest BCUT2D eigenvalue weighted by molar-refractivity contribution is 5.94. The third kappa shape index (κ3) is 4.21. The van der Waals surface area contributed by atoms with E-state index in [0.717, 1.165) is 5.69 Å². The van der Waals surface area contributed by atoms with E-state index in [9.17, 15) is 9.59 Å². The van der Waals surface area contributed by atoms with Crippen LogP contribution in [0.25, 0.3) is 5.69 Å². The topological polar surface area (TPSA) is 60.3 Å². The molecule has 2 rings (SSSR count). The van der Waals surface area contributed by atoms with E-state index in [4.69, 9.17) is 4.74 Å². The number of carbonyl (C=O) groups is 2. The Morgan fingerprint density at radius 2 is 1.81 bits per heavy atom. The van der Waals surface area contributed by atoms with Crippen molar-refractivity contribution >= 4 is 11.9 Å². The molecule has 0 radical (unpaired) electrons. The lowest BCUT2D eigenvalue weighted by Gasteiger charge is -2.07. The van der Waals surface area contributed by atoms with E-state index in [1.807, 2.05) is 41.2 Å². The highest BCUT2D eigenvalue weighted by Crippen LogP contribution is 2.09. The van der Waals surface area contributed by atoms with Crippen LogP contribution in [0.4, 0.5) is 0 Å². The molecule has 0 aliphatic heterocycles. The first kappa shape index (κ1) is 14.8. The van der Waals surface area contributed by atoms with Gasteiger partial charge in [0.15, 0.2) is 0 Å². The van der Waals surface area contributed by atoms with Crippen LogP contribution in [0.1, 0.15) is 23.7 Å². The number of esters is 1. The van der Waals surface area contributed by atoms with E-state index in [1.54, 1.807) is 19.1 Å². The van der Waals surface area contributed by atoms with Gasteiger partial charge in [0.2, 0.25) is 0 Å². The molecule has 1 N–H and O–H groups in total. The lowest BCUT2D eigenvalue weighted by Crippen LogP contribution is -2.26. The van der Waals surface area contributed by atoms with Gasteiger partial charge in [-0.2, -0.15) is 0 Å². The quantitative estimate of drug-likeness (QED) is 0.828. The monoisotopic (exact) mass is 286 g/mol. The number of amides is 1. The highest BCUT2D eigenvalue weighted by atomic mass is 16.5. The number of hydrogen-bond acceptors (Lipinski definition) is 3. The Kier molecular flexibility index (Phi) is 5.15. The molecule has 0 saturated carbocycles. The van der Waals surface area contributed by atoms with Gasteiger partial charge in [-0.1, -0.05) is 0 Å². The molecule has 0 aliphatic rings. The number of rotatable bonds is 6. The van der Waals surface area contributed by atoms with Crippen molar-refractivity contribution in [1.29, 1.82) is 0 Å². The molecule has 0 atom stereocenters. The minimum absolute atomic E-state index is 0.182. The Labute approximate surface area is 123 Å². The van der Waals surface area contributed by atoms with Crippen molar-refractivity contribution in [2.24, 2.45) is 0 Å². The first-order valence-corrected chi connectivity index (χ1v) is 6.88. The number of nitrogens with zero attached hydrogens (tertiary/aromatic N) is 1. The standard InChI is InChI=1S/C16H18N2O3/c1-2-21-15(19)9-10-17-16(20)13-5-7-14(8-6-13)18-11-3-4-12-18/h3-8,11-12H,2,9-10H2,1H3,(H,17,20). The molecule has 110 valence electrons. The molecule has 5 nitrogen and oxygen atoms in total. The molecule has 0 aliphatic carbocycles. The Morgan fingerprint density at radius 1 is 1.14 bits per heavy atom. The number of hydrogen-bond donors (Lipinski definition) is 1. The highest BCUT2D eigenvalue weighted by Gasteiger charge is 2.07. The zero-order valence-corrected chi connectivity index (χ0v) is 11.9. The normalized spacial score (nSPS) is 10.1. The SMILES string of the molecule is CCOC(=O)CCNC(=O)c1ccc(-n2cccc2)cc1. The zero-order valence-electron chi connectivity index (χ0n) is 11.9. The maximum Gasteiger partial charge on any atom is 0.307 e. The Morgan fingerprint density at radius 3 is 2.43 bits per heavy atom. The summed E-state index contributed by atoms with van der Waals surface area (Å²) in [6.07, 6.45) is 4.06. The average molecular weight is 286 g/mol. The lowest BCUT2D eigenvalue weighted by molar-refractivity contribution is -0.142. The van der Waals surface area contributed by atoms with Gasteiger partial charge in [0, 0.05) is 30.2 Å². The third-order valence-electron chi connectivity index (χ3n) is 2.95. The fourth-order valence-corrected chi connectivity index (χ4v) is 1.90. The average Bonchev–Trinajstić information content (AvgIpc) is 3.02. The summed E-state index contributed by atoms with van der Waals surface area (Å²) in [6.45, 7) is 2.38. The van der Waals surface area contributed by atoms with Gasteiger partial charge >= 0.3 is 5.97 Å². The number of nitrogens with one attached hydrogen (secondary N) is 1. The molecule has 5 heteroatoms. The molecule has 1 aromatic carbocycles. The molecule has 2 aromatic rings. The summed E-state index contributed by atoms with van der Waals surface area (Å²) in [5, 5.41) is 2.70. The van der Waals surface area contributed by atoms with Gasteiger partial charge < -0.3 is 14.6 Å². The smallest absolute Gasteiger partial charge is 0.307 e. The third-order valence-corrected chi connectivity index (χ3v) is 2.95. The molecule has 21 heavy (non-hydrogen) atoms. The number of benzene rings is 1. The second kappa shape index (κ2) is 7.28. The maximum atomic E-state index is 11.9. The van der Waals surface area contributed by atoms with Crippen molar-refractivity contribution < 1.29 is 14.3 Å². The van der Waals surface area contributed by atoms with Crippen LogP contribution in [0.5, 0.6) is 0 Å². The summed E-state index contributed by atoms with van der Waals surface area (Å²) in [7, 11) is 0. The molecule has 0 unspecified atom stereocenters. The summed E-state index contributed by atoms with van der Waals surface area (Å²) >= 11 is 0. The van der Waals surface area contributed by atoms with Crippen LogP contribution < -0.4 is 5.32 Å². The Bertz CT molecular complexity index is 588. The van der Waals surface area contributed by atoms with E-state index in [1.165, 1.54) is 0 Å². The van der Waals surface area contributed by atoms with Crippen LogP contribution >= 0.6 is 0 Å². The van der Waals surface area contributed by atoms with Crippen molar-refractivity contribution in [3.8, 4) is 5.69 Å². The van der Waals surface area contributed by atoms with E-state index in [-0.39, 0.29) is 24.8 Å². The molecule has 0 spiro atoms. The summed E-state index contributed by atoms with van der Waals surface area (Å²) < 4.78 is 6.75. The van der Waals surface area contributed by atoms with E-state index in [0.29, 0.717) is 12.2 Å². The minimum Gasteiger partial charge on any atom is -0.466 e. The van der Waals surface area contributed by atoms with Gasteiger partial charge in [0.25, 0.3) is 5.91 Å². The molecule has 1 aromatic heterocycles. The van der Waals surface area contributed by atoms with Crippen LogP contribution in [0.2, 0.25) is 0 Å². The first-order valence-electron chi connectivity index (χ1n) is 6.88. The van der Waals surface area contributed by atoms with E-state index < -0.39 is 0 Å². The predicted molar refractivity (Wildman–Crippen MR) is 79.4 cm³/mol. The minimum atomic E-state index is -0.305. The maximum absolute atomic E-state index is 11.9.